The molecule has 0 saturated carbocycles. The highest BCUT2D eigenvalue weighted by atomic mass is 19.1. The van der Waals surface area contributed by atoms with E-state index in [-0.39, 0.29) is 31.5 Å². The third-order valence-electron chi connectivity index (χ3n) is 5.87. The molecule has 8 nitrogen and oxygen atoms in total. The number of amides is 2. The number of halogens is 1. The zero-order valence-electron chi connectivity index (χ0n) is 20.5. The second kappa shape index (κ2) is 12.6. The molecular weight excluding hydrogens is 437 g/mol. The van der Waals surface area contributed by atoms with Crippen LogP contribution in [0, 0.1) is 11.7 Å². The Morgan fingerprint density at radius 2 is 1.88 bits per heavy atom. The van der Waals surface area contributed by atoms with E-state index in [2.05, 4.69) is 23.7 Å². The maximum Gasteiger partial charge on any atom is 0.252 e. The largest absolute Gasteiger partial charge is 0.375 e. The molecule has 1 aromatic carbocycles. The molecule has 0 spiro atoms. The van der Waals surface area contributed by atoms with Gasteiger partial charge in [0.2, 0.25) is 5.91 Å². The minimum Gasteiger partial charge on any atom is -0.375 e. The molecule has 0 saturated heterocycles. The van der Waals surface area contributed by atoms with Crippen molar-refractivity contribution in [3.63, 3.8) is 0 Å². The number of nitrogens with zero attached hydrogens (tertiary/aromatic N) is 5. The first-order chi connectivity index (χ1) is 16.4. The van der Waals surface area contributed by atoms with Crippen LogP contribution in [-0.4, -0.2) is 77.6 Å². The number of fused-ring (bicyclic) bond motifs is 1. The van der Waals surface area contributed by atoms with Gasteiger partial charge in [0.05, 0.1) is 6.33 Å². The van der Waals surface area contributed by atoms with Crippen LogP contribution in [0.2, 0.25) is 0 Å². The number of carbonyl (C=O) groups is 2. The van der Waals surface area contributed by atoms with Crippen LogP contribution in [0.1, 0.15) is 32.3 Å². The van der Waals surface area contributed by atoms with Crippen LogP contribution in [0.4, 0.5) is 10.1 Å². The van der Waals surface area contributed by atoms with E-state index in [0.717, 1.165) is 32.5 Å². The van der Waals surface area contributed by atoms with Crippen molar-refractivity contribution >= 4 is 17.5 Å². The lowest BCUT2D eigenvalue weighted by atomic mass is 10.1. The number of hydrogen-bond acceptors (Lipinski definition) is 5. The van der Waals surface area contributed by atoms with E-state index >= 15 is 0 Å². The van der Waals surface area contributed by atoms with E-state index in [0.29, 0.717) is 30.3 Å². The van der Waals surface area contributed by atoms with Crippen molar-refractivity contribution in [1.29, 1.82) is 0 Å². The minimum absolute atomic E-state index is 0.0597. The van der Waals surface area contributed by atoms with Gasteiger partial charge in [0.25, 0.3) is 5.91 Å². The molecule has 34 heavy (non-hydrogen) atoms. The van der Waals surface area contributed by atoms with E-state index in [1.807, 2.05) is 0 Å². The number of ether oxygens (including phenoxy) is 1. The number of benzene rings is 1. The Balaban J connectivity index is 1.93. The molecule has 0 fully saturated rings. The summed E-state index contributed by atoms with van der Waals surface area (Å²) in [7, 11) is 1.49. The number of aromatic nitrogens is 2. The molecule has 1 aliphatic rings. The van der Waals surface area contributed by atoms with Crippen LogP contribution in [0.15, 0.2) is 36.9 Å². The van der Waals surface area contributed by atoms with Gasteiger partial charge in [-0.15, -0.1) is 0 Å². The number of hydrogen-bond donors (Lipinski definition) is 0. The van der Waals surface area contributed by atoms with Gasteiger partial charge in [0.1, 0.15) is 19.0 Å². The predicted molar refractivity (Wildman–Crippen MR) is 129 cm³/mol. The maximum atomic E-state index is 14.3. The Labute approximate surface area is 201 Å². The van der Waals surface area contributed by atoms with Gasteiger partial charge < -0.3 is 24.0 Å². The number of imidazole rings is 1. The molecular formula is C25H36FN5O3. The average molecular weight is 474 g/mol. The van der Waals surface area contributed by atoms with E-state index in [1.54, 1.807) is 39.2 Å². The number of rotatable bonds is 6. The standard InChI is InChI=1S/C25H36FN5O3/c1-20(2)15-28-9-4-11-30(24(32)17-29-13-8-27-19-29)16-21-14-22(26)6-7-23(21)31(12-5-10-28)25(33)18-34-3/h6-8,13-14,19-20H,4-5,9-12,15-18H2,1-3H3. The van der Waals surface area contributed by atoms with Gasteiger partial charge in [-0.1, -0.05) is 13.8 Å². The van der Waals surface area contributed by atoms with Crippen molar-refractivity contribution in [2.24, 2.45) is 5.92 Å². The molecule has 3 rings (SSSR count). The average Bonchev–Trinajstić information content (AvgIpc) is 3.28. The van der Waals surface area contributed by atoms with E-state index < -0.39 is 5.82 Å². The van der Waals surface area contributed by atoms with Crippen LogP contribution >= 0.6 is 0 Å². The van der Waals surface area contributed by atoms with Gasteiger partial charge in [0, 0.05) is 51.4 Å². The van der Waals surface area contributed by atoms with E-state index in [1.165, 1.54) is 19.2 Å². The lowest BCUT2D eigenvalue weighted by Crippen LogP contribution is -2.41. The first kappa shape index (κ1) is 25.8. The van der Waals surface area contributed by atoms with Crippen LogP contribution in [0.3, 0.4) is 0 Å². The van der Waals surface area contributed by atoms with Crippen molar-refractivity contribution in [1.82, 2.24) is 19.4 Å². The van der Waals surface area contributed by atoms with Crippen LogP contribution < -0.4 is 4.90 Å². The molecule has 0 unspecified atom stereocenters. The second-order valence-corrected chi connectivity index (χ2v) is 9.20. The Hall–Kier alpha value is -2.78. The lowest BCUT2D eigenvalue weighted by molar-refractivity contribution is -0.132. The van der Waals surface area contributed by atoms with Gasteiger partial charge >= 0.3 is 0 Å². The summed E-state index contributed by atoms with van der Waals surface area (Å²) in [6.07, 6.45) is 6.61. The summed E-state index contributed by atoms with van der Waals surface area (Å²) in [5.41, 5.74) is 1.24. The summed E-state index contributed by atoms with van der Waals surface area (Å²) in [5, 5.41) is 0. The van der Waals surface area contributed by atoms with Crippen molar-refractivity contribution in [2.75, 3.05) is 51.3 Å². The number of anilines is 1. The molecule has 186 valence electrons. The molecule has 0 radical (unpaired) electrons. The summed E-state index contributed by atoms with van der Waals surface area (Å²) in [4.78, 5) is 36.0. The fourth-order valence-corrected chi connectivity index (χ4v) is 4.41. The van der Waals surface area contributed by atoms with Crippen molar-refractivity contribution in [3.05, 3.63) is 48.3 Å². The first-order valence-corrected chi connectivity index (χ1v) is 11.9. The third kappa shape index (κ3) is 7.36. The Bertz CT molecular complexity index is 935. The molecule has 0 atom stereocenters. The quantitative estimate of drug-likeness (QED) is 0.645. The summed E-state index contributed by atoms with van der Waals surface area (Å²) in [6, 6.07) is 4.42. The van der Waals surface area contributed by atoms with Crippen LogP contribution in [-0.2, 0) is 27.4 Å². The SMILES string of the molecule is COCC(=O)N1CCCN(CC(C)C)CCCN(C(=O)Cn2ccnc2)Cc2cc(F)ccc21. The minimum atomic E-state index is -0.393. The third-order valence-corrected chi connectivity index (χ3v) is 5.87. The fourth-order valence-electron chi connectivity index (χ4n) is 4.41. The first-order valence-electron chi connectivity index (χ1n) is 11.9. The smallest absolute Gasteiger partial charge is 0.252 e. The van der Waals surface area contributed by atoms with Crippen molar-refractivity contribution in [3.8, 4) is 0 Å². The monoisotopic (exact) mass is 473 g/mol. The Morgan fingerprint density at radius 3 is 2.56 bits per heavy atom. The molecule has 2 aromatic rings. The topological polar surface area (TPSA) is 70.9 Å². The lowest BCUT2D eigenvalue weighted by Gasteiger charge is -2.32. The number of methoxy groups -OCH3 is 1. The maximum absolute atomic E-state index is 14.3. The van der Waals surface area contributed by atoms with Crippen molar-refractivity contribution in [2.45, 2.75) is 39.8 Å². The highest BCUT2D eigenvalue weighted by molar-refractivity contribution is 5.95. The zero-order valence-corrected chi connectivity index (χ0v) is 20.5. The summed E-state index contributed by atoms with van der Waals surface area (Å²) in [5.74, 6) is -0.133. The van der Waals surface area contributed by atoms with Crippen LogP contribution in [0.5, 0.6) is 0 Å². The predicted octanol–water partition coefficient (Wildman–Crippen LogP) is 2.78. The van der Waals surface area contributed by atoms with E-state index in [4.69, 9.17) is 4.74 Å². The zero-order chi connectivity index (χ0) is 24.5. The normalized spacial score (nSPS) is 16.1. The van der Waals surface area contributed by atoms with Crippen LogP contribution in [0.25, 0.3) is 0 Å². The number of carbonyl (C=O) groups excluding carboxylic acids is 2. The highest BCUT2D eigenvalue weighted by Gasteiger charge is 2.23. The van der Waals surface area contributed by atoms with Gasteiger partial charge in [-0.3, -0.25) is 9.59 Å². The Kier molecular flexibility index (Phi) is 9.59. The second-order valence-electron chi connectivity index (χ2n) is 9.20. The summed E-state index contributed by atoms with van der Waals surface area (Å²) < 4.78 is 21.1. The Morgan fingerprint density at radius 1 is 1.12 bits per heavy atom. The molecule has 1 aliphatic heterocycles. The molecule has 9 heteroatoms. The molecule has 0 N–H and O–H groups in total. The molecule has 2 heterocycles. The summed E-state index contributed by atoms with van der Waals surface area (Å²) >= 11 is 0. The molecule has 2 amide bonds. The fraction of sp³-hybridized carbons (Fsp3) is 0.560. The molecule has 0 bridgehead atoms. The molecule has 1 aromatic heterocycles. The van der Waals surface area contributed by atoms with Crippen molar-refractivity contribution < 1.29 is 18.7 Å². The van der Waals surface area contributed by atoms with E-state index in [9.17, 15) is 14.0 Å². The highest BCUT2D eigenvalue weighted by Crippen LogP contribution is 2.25. The van der Waals surface area contributed by atoms with Gasteiger partial charge in [-0.2, -0.15) is 0 Å². The molecule has 0 aliphatic carbocycles. The van der Waals surface area contributed by atoms with Gasteiger partial charge in [0.15, 0.2) is 0 Å². The summed E-state index contributed by atoms with van der Waals surface area (Å²) in [6.45, 7) is 8.40. The van der Waals surface area contributed by atoms with Gasteiger partial charge in [-0.05, 0) is 55.6 Å². The van der Waals surface area contributed by atoms with Gasteiger partial charge in [-0.25, -0.2) is 9.37 Å².